The third-order valence-electron chi connectivity index (χ3n) is 1.49. The van der Waals surface area contributed by atoms with Crippen molar-refractivity contribution >= 4 is 11.8 Å². The molecule has 0 aromatic carbocycles. The van der Waals surface area contributed by atoms with Gasteiger partial charge >= 0.3 is 5.69 Å². The molecule has 1 N–H and O–H groups in total. The summed E-state index contributed by atoms with van der Waals surface area (Å²) >= 11 is 1.46. The molecule has 13 heavy (non-hydrogen) atoms. The molecule has 0 saturated carbocycles. The number of thioether (sulfide) groups is 1. The maximum absolute atomic E-state index is 11.1. The predicted octanol–water partition coefficient (Wildman–Crippen LogP) is 0.707. The third kappa shape index (κ3) is 2.39. The number of aromatic amines is 1. The second-order valence-electron chi connectivity index (χ2n) is 2.27. The summed E-state index contributed by atoms with van der Waals surface area (Å²) in [6.07, 6.45) is 0. The normalized spacial score (nSPS) is 9.38. The molecule has 0 radical (unpaired) electrons. The van der Waals surface area contributed by atoms with Gasteiger partial charge in [0.15, 0.2) is 5.16 Å². The summed E-state index contributed by atoms with van der Waals surface area (Å²) in [5, 5.41) is 6.99. The molecular formula is C8H11N3OS. The summed E-state index contributed by atoms with van der Waals surface area (Å²) in [5.74, 6) is 6.35. The zero-order chi connectivity index (χ0) is 9.68. The van der Waals surface area contributed by atoms with Crippen LogP contribution < -0.4 is 5.69 Å². The Morgan fingerprint density at radius 1 is 1.69 bits per heavy atom. The zero-order valence-electron chi connectivity index (χ0n) is 7.63. The smallest absolute Gasteiger partial charge is 0.270 e. The zero-order valence-corrected chi connectivity index (χ0v) is 8.44. The van der Waals surface area contributed by atoms with E-state index in [1.165, 1.54) is 11.8 Å². The number of hydrogen-bond acceptors (Lipinski definition) is 3. The summed E-state index contributed by atoms with van der Waals surface area (Å²) in [6, 6.07) is 0. The molecule has 0 spiro atoms. The van der Waals surface area contributed by atoms with Crippen molar-refractivity contribution in [3.63, 3.8) is 0 Å². The maximum Gasteiger partial charge on any atom is 0.343 e. The Labute approximate surface area is 80.7 Å². The van der Waals surface area contributed by atoms with Crippen LogP contribution in [0.1, 0.15) is 13.8 Å². The quantitative estimate of drug-likeness (QED) is 0.573. The minimum Gasteiger partial charge on any atom is -0.270 e. The average Bonchev–Trinajstić information content (AvgIpc) is 2.47. The summed E-state index contributed by atoms with van der Waals surface area (Å²) < 4.78 is 1.59. The molecule has 0 aliphatic carbocycles. The number of hydrogen-bond donors (Lipinski definition) is 1. The van der Waals surface area contributed by atoms with Crippen LogP contribution in [-0.2, 0) is 6.54 Å². The Bertz CT molecular complexity index is 382. The van der Waals surface area contributed by atoms with Crippen LogP contribution in [0.3, 0.4) is 0 Å². The lowest BCUT2D eigenvalue weighted by atomic mass is 10.7. The van der Waals surface area contributed by atoms with Gasteiger partial charge in [-0.15, -0.1) is 11.0 Å². The number of H-pyrrole nitrogens is 1. The van der Waals surface area contributed by atoms with Gasteiger partial charge in [-0.1, -0.05) is 17.7 Å². The molecule has 0 amide bonds. The van der Waals surface area contributed by atoms with Gasteiger partial charge in [0.2, 0.25) is 0 Å². The van der Waals surface area contributed by atoms with E-state index in [1.807, 2.05) is 6.92 Å². The van der Waals surface area contributed by atoms with Gasteiger partial charge in [0.05, 0.1) is 5.75 Å². The van der Waals surface area contributed by atoms with Crippen LogP contribution in [0.2, 0.25) is 0 Å². The Kier molecular flexibility index (Phi) is 3.65. The first kappa shape index (κ1) is 9.93. The minimum absolute atomic E-state index is 0.158. The van der Waals surface area contributed by atoms with Crippen LogP contribution in [0.5, 0.6) is 0 Å². The van der Waals surface area contributed by atoms with E-state index in [4.69, 9.17) is 0 Å². The molecule has 70 valence electrons. The lowest BCUT2D eigenvalue weighted by Crippen LogP contribution is -2.16. The molecule has 4 nitrogen and oxygen atoms in total. The van der Waals surface area contributed by atoms with Crippen LogP contribution in [0.4, 0.5) is 0 Å². The fourth-order valence-corrected chi connectivity index (χ4v) is 1.69. The Morgan fingerprint density at radius 3 is 3.08 bits per heavy atom. The van der Waals surface area contributed by atoms with Crippen LogP contribution in [0.25, 0.3) is 0 Å². The van der Waals surface area contributed by atoms with Gasteiger partial charge in [-0.2, -0.15) is 0 Å². The van der Waals surface area contributed by atoms with E-state index >= 15 is 0 Å². The van der Waals surface area contributed by atoms with E-state index in [0.717, 1.165) is 0 Å². The van der Waals surface area contributed by atoms with Crippen molar-refractivity contribution in [1.82, 2.24) is 14.8 Å². The van der Waals surface area contributed by atoms with Crippen LogP contribution >= 0.6 is 11.8 Å². The topological polar surface area (TPSA) is 50.7 Å². The highest BCUT2D eigenvalue weighted by molar-refractivity contribution is 7.99. The Balaban J connectivity index is 2.74. The number of aromatic nitrogens is 3. The van der Waals surface area contributed by atoms with Gasteiger partial charge in [0.25, 0.3) is 0 Å². The van der Waals surface area contributed by atoms with Crippen molar-refractivity contribution < 1.29 is 0 Å². The van der Waals surface area contributed by atoms with Crippen molar-refractivity contribution in [2.24, 2.45) is 0 Å². The fraction of sp³-hybridized carbons (Fsp3) is 0.500. The highest BCUT2D eigenvalue weighted by Crippen LogP contribution is 2.11. The molecule has 0 saturated heterocycles. The minimum atomic E-state index is -0.158. The van der Waals surface area contributed by atoms with Crippen LogP contribution in [0, 0.1) is 11.8 Å². The number of rotatable bonds is 3. The Hall–Kier alpha value is -1.15. The lowest BCUT2D eigenvalue weighted by molar-refractivity contribution is 0.661. The summed E-state index contributed by atoms with van der Waals surface area (Å²) in [6.45, 7) is 4.34. The van der Waals surface area contributed by atoms with Crippen molar-refractivity contribution in [2.45, 2.75) is 25.5 Å². The van der Waals surface area contributed by atoms with E-state index < -0.39 is 0 Å². The first-order valence-corrected chi connectivity index (χ1v) is 4.95. The average molecular weight is 197 g/mol. The summed E-state index contributed by atoms with van der Waals surface area (Å²) in [4.78, 5) is 11.1. The predicted molar refractivity (Wildman–Crippen MR) is 52.7 cm³/mol. The lowest BCUT2D eigenvalue weighted by Gasteiger charge is -1.97. The van der Waals surface area contributed by atoms with Crippen molar-refractivity contribution in [2.75, 3.05) is 5.75 Å². The van der Waals surface area contributed by atoms with Crippen LogP contribution in [-0.4, -0.2) is 20.5 Å². The molecule has 1 aromatic heterocycles. The SMILES string of the molecule is CC#CCSc1n[nH]c(=O)n1CC. The second kappa shape index (κ2) is 4.77. The fourth-order valence-electron chi connectivity index (χ4n) is 0.865. The van der Waals surface area contributed by atoms with Crippen molar-refractivity contribution in [3.8, 4) is 11.8 Å². The van der Waals surface area contributed by atoms with Crippen LogP contribution in [0.15, 0.2) is 9.95 Å². The monoisotopic (exact) mass is 197 g/mol. The standard InChI is InChI=1S/C8H11N3OS/c1-3-5-6-13-8-10-9-7(12)11(8)4-2/h4,6H2,1-2H3,(H,9,12). The highest BCUT2D eigenvalue weighted by atomic mass is 32.2. The molecule has 0 fully saturated rings. The Morgan fingerprint density at radius 2 is 2.46 bits per heavy atom. The molecule has 0 atom stereocenters. The first-order chi connectivity index (χ1) is 6.29. The molecule has 0 unspecified atom stereocenters. The van der Waals surface area contributed by atoms with E-state index in [1.54, 1.807) is 11.5 Å². The van der Waals surface area contributed by atoms with Gasteiger partial charge in [-0.05, 0) is 13.8 Å². The molecule has 1 heterocycles. The van der Waals surface area contributed by atoms with E-state index in [2.05, 4.69) is 22.0 Å². The largest absolute Gasteiger partial charge is 0.343 e. The number of nitrogens with zero attached hydrogens (tertiary/aromatic N) is 2. The van der Waals surface area contributed by atoms with E-state index in [9.17, 15) is 4.79 Å². The second-order valence-corrected chi connectivity index (χ2v) is 3.21. The van der Waals surface area contributed by atoms with E-state index in [0.29, 0.717) is 17.5 Å². The van der Waals surface area contributed by atoms with Gasteiger partial charge in [0, 0.05) is 6.54 Å². The molecule has 1 rings (SSSR count). The first-order valence-electron chi connectivity index (χ1n) is 3.97. The highest BCUT2D eigenvalue weighted by Gasteiger charge is 2.04. The third-order valence-corrected chi connectivity index (χ3v) is 2.35. The van der Waals surface area contributed by atoms with Crippen molar-refractivity contribution in [3.05, 3.63) is 10.5 Å². The van der Waals surface area contributed by atoms with Gasteiger partial charge < -0.3 is 0 Å². The molecule has 1 aromatic rings. The molecule has 0 aliphatic heterocycles. The van der Waals surface area contributed by atoms with Gasteiger partial charge in [0.1, 0.15) is 0 Å². The molecular weight excluding hydrogens is 186 g/mol. The van der Waals surface area contributed by atoms with Crippen molar-refractivity contribution in [1.29, 1.82) is 0 Å². The molecule has 5 heteroatoms. The van der Waals surface area contributed by atoms with Gasteiger partial charge in [-0.3, -0.25) is 4.57 Å². The summed E-state index contributed by atoms with van der Waals surface area (Å²) in [5.41, 5.74) is -0.158. The molecule has 0 aliphatic rings. The molecule has 0 bridgehead atoms. The summed E-state index contributed by atoms with van der Waals surface area (Å²) in [7, 11) is 0. The maximum atomic E-state index is 11.1. The van der Waals surface area contributed by atoms with E-state index in [-0.39, 0.29) is 5.69 Å². The number of nitrogens with one attached hydrogen (secondary N) is 1. The van der Waals surface area contributed by atoms with Gasteiger partial charge in [-0.25, -0.2) is 9.89 Å².